The van der Waals surface area contributed by atoms with E-state index in [0.717, 1.165) is 18.4 Å². The van der Waals surface area contributed by atoms with E-state index >= 15 is 0 Å². The molecule has 2 aliphatic carbocycles. The van der Waals surface area contributed by atoms with Gasteiger partial charge in [0, 0.05) is 0 Å². The Hall–Kier alpha value is -1.65. The molecule has 0 N–H and O–H groups in total. The topological polar surface area (TPSA) is 18.5 Å². The second-order valence-electron chi connectivity index (χ2n) is 7.16. The molecular weight excluding hydrogens is 329 g/mol. The first-order valence-corrected chi connectivity index (χ1v) is 9.10. The zero-order valence-electron chi connectivity index (χ0n) is 14.6. The van der Waals surface area contributed by atoms with E-state index in [1.807, 2.05) is 6.07 Å². The Kier molecular flexibility index (Phi) is 5.60. The summed E-state index contributed by atoms with van der Waals surface area (Å²) < 4.78 is 48.4. The van der Waals surface area contributed by atoms with Gasteiger partial charge in [-0.25, -0.2) is 0 Å². The summed E-state index contributed by atoms with van der Waals surface area (Å²) in [5.41, 5.74) is 1.34. The second kappa shape index (κ2) is 7.71. The van der Waals surface area contributed by atoms with E-state index in [4.69, 9.17) is 4.74 Å². The van der Waals surface area contributed by atoms with Gasteiger partial charge in [0.1, 0.15) is 0 Å². The summed E-state index contributed by atoms with van der Waals surface area (Å²) in [7, 11) is 0. The summed E-state index contributed by atoms with van der Waals surface area (Å²) in [6, 6.07) is 3.46. The second-order valence-corrected chi connectivity index (χ2v) is 7.16. The molecule has 138 valence electrons. The fourth-order valence-electron chi connectivity index (χ4n) is 3.17. The molecule has 2 aliphatic rings. The molecule has 0 heterocycles. The van der Waals surface area contributed by atoms with Crippen LogP contribution >= 0.6 is 0 Å². The maximum Gasteiger partial charge on any atom is 0.573 e. The molecule has 0 spiro atoms. The molecule has 1 aromatic carbocycles. The van der Waals surface area contributed by atoms with Crippen LogP contribution in [0.2, 0.25) is 0 Å². The molecule has 5 heteroatoms. The quantitative estimate of drug-likeness (QED) is 0.562. The van der Waals surface area contributed by atoms with Crippen molar-refractivity contribution in [1.82, 2.24) is 0 Å². The van der Waals surface area contributed by atoms with Crippen LogP contribution in [-0.4, -0.2) is 13.0 Å². The Labute approximate surface area is 147 Å². The van der Waals surface area contributed by atoms with Crippen LogP contribution in [0, 0.1) is 18.8 Å². The SMILES string of the molecule is Cc1c(C/C=C/C2CCC2)ccc(OCC2CCC2)c1OC(F)(F)F. The zero-order chi connectivity index (χ0) is 17.9. The van der Waals surface area contributed by atoms with E-state index < -0.39 is 6.36 Å². The lowest BCUT2D eigenvalue weighted by molar-refractivity contribution is -0.275. The average molecular weight is 354 g/mol. The summed E-state index contributed by atoms with van der Waals surface area (Å²) in [6.45, 7) is 2.12. The van der Waals surface area contributed by atoms with Crippen molar-refractivity contribution in [3.8, 4) is 11.5 Å². The summed E-state index contributed by atoms with van der Waals surface area (Å²) in [5, 5.41) is 0. The van der Waals surface area contributed by atoms with E-state index in [1.54, 1.807) is 13.0 Å². The fourth-order valence-corrected chi connectivity index (χ4v) is 3.17. The van der Waals surface area contributed by atoms with Crippen molar-refractivity contribution in [1.29, 1.82) is 0 Å². The van der Waals surface area contributed by atoms with Crippen molar-refractivity contribution in [3.63, 3.8) is 0 Å². The van der Waals surface area contributed by atoms with E-state index in [9.17, 15) is 13.2 Å². The molecule has 2 fully saturated rings. The molecule has 0 radical (unpaired) electrons. The molecule has 2 nitrogen and oxygen atoms in total. The largest absolute Gasteiger partial charge is 0.573 e. The molecule has 3 rings (SSSR count). The van der Waals surface area contributed by atoms with Gasteiger partial charge in [0.05, 0.1) is 6.61 Å². The van der Waals surface area contributed by atoms with Gasteiger partial charge in [0.2, 0.25) is 0 Å². The Morgan fingerprint density at radius 1 is 1.12 bits per heavy atom. The van der Waals surface area contributed by atoms with E-state index in [1.165, 1.54) is 25.7 Å². The highest BCUT2D eigenvalue weighted by Gasteiger charge is 2.34. The minimum absolute atomic E-state index is 0.188. The van der Waals surface area contributed by atoms with Crippen molar-refractivity contribution in [2.75, 3.05) is 6.61 Å². The van der Waals surface area contributed by atoms with Crippen LogP contribution in [0.25, 0.3) is 0 Å². The van der Waals surface area contributed by atoms with Crippen LogP contribution < -0.4 is 9.47 Å². The van der Waals surface area contributed by atoms with Crippen molar-refractivity contribution in [3.05, 3.63) is 35.4 Å². The van der Waals surface area contributed by atoms with Gasteiger partial charge in [-0.15, -0.1) is 13.2 Å². The molecule has 0 amide bonds. The third-order valence-corrected chi connectivity index (χ3v) is 5.29. The minimum Gasteiger partial charge on any atom is -0.489 e. The van der Waals surface area contributed by atoms with Crippen molar-refractivity contribution >= 4 is 0 Å². The van der Waals surface area contributed by atoms with Gasteiger partial charge >= 0.3 is 6.36 Å². The highest BCUT2D eigenvalue weighted by molar-refractivity contribution is 5.50. The van der Waals surface area contributed by atoms with Crippen molar-refractivity contribution in [2.45, 2.75) is 58.2 Å². The van der Waals surface area contributed by atoms with Gasteiger partial charge in [-0.3, -0.25) is 0 Å². The van der Waals surface area contributed by atoms with E-state index in [2.05, 4.69) is 16.9 Å². The lowest BCUT2D eigenvalue weighted by atomic mass is 9.85. The predicted molar refractivity (Wildman–Crippen MR) is 90.9 cm³/mol. The highest BCUT2D eigenvalue weighted by Crippen LogP contribution is 2.38. The van der Waals surface area contributed by atoms with Crippen LogP contribution in [0.5, 0.6) is 11.5 Å². The lowest BCUT2D eigenvalue weighted by Gasteiger charge is -2.26. The molecule has 0 aromatic heterocycles. The Balaban J connectivity index is 1.74. The first-order chi connectivity index (χ1) is 11.9. The van der Waals surface area contributed by atoms with Gasteiger partial charge in [-0.2, -0.15) is 0 Å². The zero-order valence-corrected chi connectivity index (χ0v) is 14.6. The molecule has 0 aliphatic heterocycles. The Morgan fingerprint density at radius 2 is 1.84 bits per heavy atom. The number of rotatable bonds is 7. The van der Waals surface area contributed by atoms with Crippen LogP contribution in [-0.2, 0) is 6.42 Å². The van der Waals surface area contributed by atoms with Gasteiger partial charge in [0.25, 0.3) is 0 Å². The number of hydrogen-bond acceptors (Lipinski definition) is 2. The monoisotopic (exact) mass is 354 g/mol. The Bertz CT molecular complexity index is 614. The van der Waals surface area contributed by atoms with Gasteiger partial charge < -0.3 is 9.47 Å². The van der Waals surface area contributed by atoms with E-state index in [0.29, 0.717) is 30.4 Å². The summed E-state index contributed by atoms with van der Waals surface area (Å²) in [4.78, 5) is 0. The standard InChI is InChI=1S/C20H25F3O2/c1-14-17(10-4-7-15-5-2-6-15)11-12-18(19(14)25-20(21,22)23)24-13-16-8-3-9-16/h4,7,11-12,15-16H,2-3,5-6,8-10,13H2,1H3/b7-4+. The molecule has 25 heavy (non-hydrogen) atoms. The molecule has 0 saturated heterocycles. The summed E-state index contributed by atoms with van der Waals surface area (Å²) >= 11 is 0. The van der Waals surface area contributed by atoms with Gasteiger partial charge in [0.15, 0.2) is 11.5 Å². The van der Waals surface area contributed by atoms with Gasteiger partial charge in [-0.1, -0.05) is 31.1 Å². The number of hydrogen-bond donors (Lipinski definition) is 0. The van der Waals surface area contributed by atoms with Crippen LogP contribution in [0.15, 0.2) is 24.3 Å². The third kappa shape index (κ3) is 4.93. The molecule has 0 atom stereocenters. The number of ether oxygens (including phenoxy) is 2. The fraction of sp³-hybridized carbons (Fsp3) is 0.600. The molecular formula is C20H25F3O2. The molecule has 0 bridgehead atoms. The average Bonchev–Trinajstić information content (AvgIpc) is 2.44. The summed E-state index contributed by atoms with van der Waals surface area (Å²) in [6.07, 6.45) is 7.15. The minimum atomic E-state index is -4.72. The maximum atomic E-state index is 12.8. The normalized spacial score (nSPS) is 18.9. The van der Waals surface area contributed by atoms with Crippen molar-refractivity contribution in [2.24, 2.45) is 11.8 Å². The summed E-state index contributed by atoms with van der Waals surface area (Å²) in [5.74, 6) is 1.08. The highest BCUT2D eigenvalue weighted by atomic mass is 19.4. The number of benzene rings is 1. The third-order valence-electron chi connectivity index (χ3n) is 5.29. The number of alkyl halides is 3. The van der Waals surface area contributed by atoms with E-state index in [-0.39, 0.29) is 11.5 Å². The van der Waals surface area contributed by atoms with Crippen LogP contribution in [0.4, 0.5) is 13.2 Å². The molecule has 1 aromatic rings. The molecule has 2 saturated carbocycles. The van der Waals surface area contributed by atoms with Crippen molar-refractivity contribution < 1.29 is 22.6 Å². The Morgan fingerprint density at radius 3 is 2.40 bits per heavy atom. The van der Waals surface area contributed by atoms with Gasteiger partial charge in [-0.05, 0) is 68.1 Å². The predicted octanol–water partition coefficient (Wildman–Crippen LogP) is 5.97. The lowest BCUT2D eigenvalue weighted by Crippen LogP contribution is -2.21. The molecule has 0 unspecified atom stereocenters. The number of allylic oxidation sites excluding steroid dienone is 2. The first kappa shape index (κ1) is 18.2. The van der Waals surface area contributed by atoms with Crippen LogP contribution in [0.3, 0.4) is 0 Å². The number of halogens is 3. The maximum absolute atomic E-state index is 12.8. The van der Waals surface area contributed by atoms with Crippen LogP contribution in [0.1, 0.15) is 49.7 Å². The first-order valence-electron chi connectivity index (χ1n) is 9.10. The smallest absolute Gasteiger partial charge is 0.489 e.